The molecule has 0 aromatic heterocycles. The summed E-state index contributed by atoms with van der Waals surface area (Å²) in [5.41, 5.74) is 0.0965. The first kappa shape index (κ1) is 15.7. The lowest BCUT2D eigenvalue weighted by atomic mass is 10.2. The summed E-state index contributed by atoms with van der Waals surface area (Å²) in [5.74, 6) is -1.05. The van der Waals surface area contributed by atoms with Gasteiger partial charge in [-0.1, -0.05) is 17.7 Å². The van der Waals surface area contributed by atoms with E-state index in [9.17, 15) is 13.2 Å². The van der Waals surface area contributed by atoms with Crippen LogP contribution in [0, 0.1) is 18.3 Å². The van der Waals surface area contributed by atoms with Crippen LogP contribution in [-0.2, 0) is 23.9 Å². The molecule has 1 rings (SSSR count). The van der Waals surface area contributed by atoms with Crippen LogP contribution in [0.1, 0.15) is 12.5 Å². The quantitative estimate of drug-likeness (QED) is 0.458. The lowest BCUT2D eigenvalue weighted by molar-refractivity contribution is -0.135. The number of hydrogen-bond acceptors (Lipinski definition) is 7. The number of nitriles is 1. The summed E-state index contributed by atoms with van der Waals surface area (Å²) >= 11 is 0. The number of aryl methyl sites for hydroxylation is 1. The third-order valence-corrected chi connectivity index (χ3v) is 3.23. The Morgan fingerprint density at radius 2 is 1.95 bits per heavy atom. The highest BCUT2D eigenvalue weighted by Crippen LogP contribution is 2.13. The van der Waals surface area contributed by atoms with Crippen molar-refractivity contribution in [1.29, 1.82) is 5.26 Å². The van der Waals surface area contributed by atoms with Gasteiger partial charge in [0, 0.05) is 0 Å². The lowest BCUT2D eigenvalue weighted by Gasteiger charge is -2.02. The van der Waals surface area contributed by atoms with Crippen LogP contribution in [0.25, 0.3) is 0 Å². The van der Waals surface area contributed by atoms with Crippen molar-refractivity contribution in [3.05, 3.63) is 29.8 Å². The Hall–Kier alpha value is -2.40. The zero-order valence-electron chi connectivity index (χ0n) is 10.9. The minimum absolute atomic E-state index is 0.0320. The molecule has 0 heterocycles. The van der Waals surface area contributed by atoms with Crippen molar-refractivity contribution >= 4 is 21.8 Å². The van der Waals surface area contributed by atoms with Crippen molar-refractivity contribution in [3.63, 3.8) is 0 Å². The highest BCUT2D eigenvalue weighted by molar-refractivity contribution is 7.86. The van der Waals surface area contributed by atoms with Gasteiger partial charge in [0.05, 0.1) is 6.61 Å². The van der Waals surface area contributed by atoms with E-state index in [0.29, 0.717) is 0 Å². The molecule has 0 amide bonds. The van der Waals surface area contributed by atoms with Crippen molar-refractivity contribution in [2.75, 3.05) is 6.61 Å². The molecule has 0 aliphatic heterocycles. The van der Waals surface area contributed by atoms with Crippen LogP contribution >= 0.6 is 0 Å². The van der Waals surface area contributed by atoms with Crippen molar-refractivity contribution in [3.8, 4) is 6.07 Å². The molecule has 7 nitrogen and oxygen atoms in total. The highest BCUT2D eigenvalue weighted by atomic mass is 32.2. The predicted octanol–water partition coefficient (Wildman–Crippen LogP) is 1.14. The van der Waals surface area contributed by atoms with Gasteiger partial charge in [-0.2, -0.15) is 13.7 Å². The van der Waals surface area contributed by atoms with Crippen LogP contribution in [0.3, 0.4) is 0 Å². The summed E-state index contributed by atoms with van der Waals surface area (Å²) in [6.07, 6.45) is 0. The van der Waals surface area contributed by atoms with Crippen LogP contribution < -0.4 is 0 Å². The maximum Gasteiger partial charge on any atom is 0.371 e. The monoisotopic (exact) mass is 296 g/mol. The Balaban J connectivity index is 2.94. The molecule has 1 aromatic rings. The Morgan fingerprint density at radius 1 is 1.35 bits per heavy atom. The minimum atomic E-state index is -4.18. The van der Waals surface area contributed by atoms with Gasteiger partial charge in [0.1, 0.15) is 11.0 Å². The normalized spacial score (nSPS) is 11.6. The maximum absolute atomic E-state index is 11.8. The molecule has 20 heavy (non-hydrogen) atoms. The largest absolute Gasteiger partial charge is 0.461 e. The SMILES string of the molecule is CCOC(=O)/C(C#N)=N\OS(=O)(=O)c1ccc(C)cc1. The Morgan fingerprint density at radius 3 is 2.45 bits per heavy atom. The van der Waals surface area contributed by atoms with Gasteiger partial charge in [0.2, 0.25) is 0 Å². The molecule has 106 valence electrons. The first-order valence-corrected chi connectivity index (χ1v) is 6.97. The van der Waals surface area contributed by atoms with E-state index < -0.39 is 21.8 Å². The van der Waals surface area contributed by atoms with Crippen LogP contribution in [0.5, 0.6) is 0 Å². The zero-order chi connectivity index (χ0) is 15.2. The maximum atomic E-state index is 11.8. The first-order valence-electron chi connectivity index (χ1n) is 5.56. The fraction of sp³-hybridized carbons (Fsp3) is 0.250. The van der Waals surface area contributed by atoms with Gasteiger partial charge in [0.15, 0.2) is 0 Å². The molecule has 0 saturated carbocycles. The number of carbonyl (C=O) groups is 1. The van der Waals surface area contributed by atoms with Gasteiger partial charge in [-0.3, -0.25) is 4.28 Å². The lowest BCUT2D eigenvalue weighted by Crippen LogP contribution is -2.17. The van der Waals surface area contributed by atoms with E-state index >= 15 is 0 Å². The number of rotatable bonds is 5. The van der Waals surface area contributed by atoms with E-state index in [1.807, 2.05) is 0 Å². The van der Waals surface area contributed by atoms with Gasteiger partial charge >= 0.3 is 16.1 Å². The first-order chi connectivity index (χ1) is 9.40. The molecule has 8 heteroatoms. The number of hydrogen-bond donors (Lipinski definition) is 0. The number of ether oxygens (including phenoxy) is 1. The standard InChI is InChI=1S/C12H12N2O5S/c1-3-18-12(15)11(8-13)14-19-20(16,17)10-6-4-9(2)5-7-10/h4-7H,3H2,1-2H3/b14-11-. The molecular weight excluding hydrogens is 284 g/mol. The Labute approximate surface area is 116 Å². The Bertz CT molecular complexity index is 656. The molecule has 0 unspecified atom stereocenters. The molecular formula is C12H12N2O5S. The van der Waals surface area contributed by atoms with E-state index in [0.717, 1.165) is 5.56 Å². The van der Waals surface area contributed by atoms with Crippen LogP contribution in [-0.4, -0.2) is 26.7 Å². The molecule has 0 saturated heterocycles. The second-order valence-electron chi connectivity index (χ2n) is 3.61. The molecule has 0 radical (unpaired) electrons. The number of benzene rings is 1. The zero-order valence-corrected chi connectivity index (χ0v) is 11.7. The van der Waals surface area contributed by atoms with Crippen molar-refractivity contribution in [2.45, 2.75) is 18.7 Å². The molecule has 0 spiro atoms. The van der Waals surface area contributed by atoms with E-state index in [4.69, 9.17) is 5.26 Å². The van der Waals surface area contributed by atoms with Crippen molar-refractivity contribution < 1.29 is 22.2 Å². The summed E-state index contributed by atoms with van der Waals surface area (Å²) in [7, 11) is -4.18. The van der Waals surface area contributed by atoms with Crippen molar-refractivity contribution in [2.24, 2.45) is 5.16 Å². The van der Waals surface area contributed by atoms with E-state index in [2.05, 4.69) is 14.2 Å². The smallest absolute Gasteiger partial charge is 0.371 e. The van der Waals surface area contributed by atoms with E-state index in [1.54, 1.807) is 19.1 Å². The summed E-state index contributed by atoms with van der Waals surface area (Å²) < 4.78 is 32.3. The van der Waals surface area contributed by atoms with Gasteiger partial charge < -0.3 is 4.74 Å². The fourth-order valence-electron chi connectivity index (χ4n) is 1.14. The van der Waals surface area contributed by atoms with Crippen LogP contribution in [0.2, 0.25) is 0 Å². The molecule has 0 atom stereocenters. The number of esters is 1. The fourth-order valence-corrected chi connectivity index (χ4v) is 1.87. The summed E-state index contributed by atoms with van der Waals surface area (Å²) in [4.78, 5) is 11.1. The number of nitrogens with zero attached hydrogens (tertiary/aromatic N) is 2. The van der Waals surface area contributed by atoms with Crippen LogP contribution in [0.4, 0.5) is 0 Å². The second-order valence-corrected chi connectivity index (χ2v) is 5.14. The molecule has 0 aliphatic carbocycles. The molecule has 0 N–H and O–H groups in total. The average Bonchev–Trinajstić information content (AvgIpc) is 2.40. The van der Waals surface area contributed by atoms with Gasteiger partial charge in [0.25, 0.3) is 5.71 Å². The summed E-state index contributed by atoms with van der Waals surface area (Å²) in [6, 6.07) is 7.23. The van der Waals surface area contributed by atoms with E-state index in [1.165, 1.54) is 25.1 Å². The van der Waals surface area contributed by atoms with Gasteiger partial charge in [-0.15, -0.1) is 0 Å². The summed E-state index contributed by atoms with van der Waals surface area (Å²) in [6.45, 7) is 3.37. The highest BCUT2D eigenvalue weighted by Gasteiger charge is 2.19. The predicted molar refractivity (Wildman–Crippen MR) is 69.1 cm³/mol. The number of oxime groups is 1. The van der Waals surface area contributed by atoms with Gasteiger partial charge in [-0.05, 0) is 31.1 Å². The van der Waals surface area contributed by atoms with Crippen molar-refractivity contribution in [1.82, 2.24) is 0 Å². The Kier molecular flexibility index (Phi) is 5.23. The third-order valence-electron chi connectivity index (χ3n) is 2.11. The molecule has 0 fully saturated rings. The summed E-state index contributed by atoms with van der Waals surface area (Å²) in [5, 5.41) is 11.7. The topological polar surface area (TPSA) is 106 Å². The number of carbonyl (C=O) groups excluding carboxylic acids is 1. The molecule has 0 bridgehead atoms. The average molecular weight is 296 g/mol. The third kappa shape index (κ3) is 4.07. The van der Waals surface area contributed by atoms with Gasteiger partial charge in [-0.25, -0.2) is 4.79 Å². The minimum Gasteiger partial charge on any atom is -0.461 e. The van der Waals surface area contributed by atoms with E-state index in [-0.39, 0.29) is 11.5 Å². The second kappa shape index (κ2) is 6.68. The van der Waals surface area contributed by atoms with Crippen LogP contribution in [0.15, 0.2) is 34.3 Å². The molecule has 1 aromatic carbocycles. The molecule has 0 aliphatic rings.